The van der Waals surface area contributed by atoms with E-state index in [4.69, 9.17) is 28.4 Å². The first-order valence-corrected chi connectivity index (χ1v) is 29.8. The molecule has 1 saturated heterocycles. The highest BCUT2D eigenvalue weighted by Gasteiger charge is 2.66. The highest BCUT2D eigenvalue weighted by Crippen LogP contribution is 2.61. The van der Waals surface area contributed by atoms with Crippen LogP contribution < -0.4 is 10.4 Å². The van der Waals surface area contributed by atoms with Crippen LogP contribution >= 0.6 is 0 Å². The highest BCUT2D eigenvalue weighted by atomic mass is 28.3. The molecule has 6 aromatic carbocycles. The molecule has 9 heteroatoms. The largest absolute Gasteiger partial charge is 0.392 e. The molecule has 0 aromatic heterocycles. The average molecular weight is 891 g/mol. The molecule has 0 spiro atoms. The third-order valence-electron chi connectivity index (χ3n) is 13.1. The molecule has 1 N–H and O–H groups in total. The van der Waals surface area contributed by atoms with Gasteiger partial charge in [0.05, 0.1) is 55.8 Å². The smallest absolute Gasteiger partial charge is 0.149 e. The van der Waals surface area contributed by atoms with Crippen LogP contribution in [0.1, 0.15) is 56.2 Å². The van der Waals surface area contributed by atoms with E-state index < -0.39 is 52.3 Å². The van der Waals surface area contributed by atoms with Gasteiger partial charge in [-0.15, -0.1) is 0 Å². The van der Waals surface area contributed by atoms with Gasteiger partial charge in [-0.05, 0) is 56.1 Å². The van der Waals surface area contributed by atoms with Crippen molar-refractivity contribution in [2.45, 2.75) is 115 Å². The zero-order valence-electron chi connectivity index (χ0n) is 38.0. The fourth-order valence-corrected chi connectivity index (χ4v) is 13.4. The van der Waals surface area contributed by atoms with Crippen LogP contribution in [0.5, 0.6) is 0 Å². The van der Waals surface area contributed by atoms with E-state index in [1.807, 2.05) is 72.8 Å². The summed E-state index contributed by atoms with van der Waals surface area (Å²) in [5.74, 6) is 0. The third-order valence-corrected chi connectivity index (χ3v) is 17.1. The van der Waals surface area contributed by atoms with E-state index >= 15 is 0 Å². The van der Waals surface area contributed by atoms with Crippen LogP contribution in [0.2, 0.25) is 39.3 Å². The number of hydrogen-bond acceptors (Lipinski definition) is 7. The summed E-state index contributed by atoms with van der Waals surface area (Å²) in [5.41, 5.74) is 8.61. The van der Waals surface area contributed by atoms with Gasteiger partial charge in [0.25, 0.3) is 0 Å². The average Bonchev–Trinajstić information content (AvgIpc) is 3.83. The molecule has 0 amide bonds. The van der Waals surface area contributed by atoms with Crippen molar-refractivity contribution in [3.8, 4) is 0 Å². The predicted octanol–water partition coefficient (Wildman–Crippen LogP) is 9.69. The number of hydrogen-bond donors (Lipinski definition) is 1. The third kappa shape index (κ3) is 8.90. The fraction of sp³-hybridized carbons (Fsp3) is 0.345. The Labute approximate surface area is 381 Å². The summed E-state index contributed by atoms with van der Waals surface area (Å²) in [7, 11) is -3.93. The van der Waals surface area contributed by atoms with Crippen LogP contribution in [0.3, 0.4) is 0 Å². The Morgan fingerprint density at radius 1 is 0.500 bits per heavy atom. The Morgan fingerprint density at radius 3 is 1.50 bits per heavy atom. The summed E-state index contributed by atoms with van der Waals surface area (Å²) < 4.78 is 43.9. The molecule has 1 fully saturated rings. The van der Waals surface area contributed by atoms with Gasteiger partial charge in [0.2, 0.25) is 0 Å². The van der Waals surface area contributed by atoms with E-state index in [1.54, 1.807) is 0 Å². The number of aliphatic hydroxyl groups is 1. The van der Waals surface area contributed by atoms with Crippen molar-refractivity contribution in [1.82, 2.24) is 0 Å². The second-order valence-corrected chi connectivity index (χ2v) is 29.7. The van der Waals surface area contributed by atoms with Crippen molar-refractivity contribution in [2.75, 3.05) is 6.61 Å². The quantitative estimate of drug-likeness (QED) is 0.0915. The molecule has 3 aliphatic rings. The molecule has 6 aromatic rings. The molecule has 7 nitrogen and oxygen atoms in total. The van der Waals surface area contributed by atoms with Gasteiger partial charge in [0.15, 0.2) is 0 Å². The minimum atomic E-state index is -2.02. The topological polar surface area (TPSA) is 75.6 Å². The first-order chi connectivity index (χ1) is 31.0. The predicted molar refractivity (Wildman–Crippen MR) is 258 cm³/mol. The number of rotatable bonds is 17. The van der Waals surface area contributed by atoms with Crippen LogP contribution in [-0.2, 0) is 67.1 Å². The zero-order chi connectivity index (χ0) is 44.5. The minimum absolute atomic E-state index is 0.0824. The summed E-state index contributed by atoms with van der Waals surface area (Å²) in [6.07, 6.45) is -3.51. The van der Waals surface area contributed by atoms with E-state index in [9.17, 15) is 5.11 Å². The number of benzene rings is 6. The van der Waals surface area contributed by atoms with Crippen molar-refractivity contribution in [1.29, 1.82) is 0 Å². The van der Waals surface area contributed by atoms with Gasteiger partial charge < -0.3 is 33.5 Å². The lowest BCUT2D eigenvalue weighted by Gasteiger charge is -2.51. The van der Waals surface area contributed by atoms with Gasteiger partial charge in [0, 0.05) is 0 Å². The molecule has 7 atom stereocenters. The van der Waals surface area contributed by atoms with Gasteiger partial charge in [0.1, 0.15) is 42.2 Å². The van der Waals surface area contributed by atoms with Crippen molar-refractivity contribution in [2.24, 2.45) is 0 Å². The first kappa shape index (κ1) is 44.7. The lowest BCUT2D eigenvalue weighted by Crippen LogP contribution is -2.66. The molecule has 2 bridgehead atoms. The zero-order valence-corrected chi connectivity index (χ0v) is 40.0. The van der Waals surface area contributed by atoms with Crippen LogP contribution in [0.4, 0.5) is 0 Å². The summed E-state index contributed by atoms with van der Waals surface area (Å²) in [5, 5.41) is 13.6. The SMILES string of the molecule is C[Si](C)(C)c1cccc2c1C1OC2([C@@H]2O[C@H](COCc3ccccc3)[C@@H](OCc3ccccc3)[C@H](OCc3ccccc3)[C@H]2OCc2ccccc2)c2cc(CO)cc([Si](C)(C)C)c21. The number of aliphatic hydroxyl groups excluding tert-OH is 1. The molecule has 2 unspecified atom stereocenters. The monoisotopic (exact) mass is 890 g/mol. The lowest BCUT2D eigenvalue weighted by atomic mass is 9.71. The Bertz CT molecular complexity index is 2490. The van der Waals surface area contributed by atoms with Gasteiger partial charge in [-0.3, -0.25) is 0 Å². The maximum Gasteiger partial charge on any atom is 0.149 e. The van der Waals surface area contributed by atoms with E-state index in [-0.39, 0.29) is 19.3 Å². The summed E-state index contributed by atoms with van der Waals surface area (Å²) >= 11 is 0. The van der Waals surface area contributed by atoms with Crippen LogP contribution in [0, 0.1) is 0 Å². The summed E-state index contributed by atoms with van der Waals surface area (Å²) in [6.45, 7) is 16.0. The summed E-state index contributed by atoms with van der Waals surface area (Å²) in [6, 6.07) is 52.3. The molecule has 0 radical (unpaired) electrons. The molecule has 332 valence electrons. The Hall–Kier alpha value is -4.53. The van der Waals surface area contributed by atoms with E-state index in [0.29, 0.717) is 26.4 Å². The van der Waals surface area contributed by atoms with Crippen molar-refractivity contribution < 1.29 is 33.5 Å². The number of ether oxygens (including phenoxy) is 6. The molecular formula is C55H62O7Si2. The molecular weight excluding hydrogens is 829 g/mol. The van der Waals surface area contributed by atoms with E-state index in [0.717, 1.165) is 38.9 Å². The second kappa shape index (κ2) is 18.8. The van der Waals surface area contributed by atoms with Crippen LogP contribution in [0.15, 0.2) is 152 Å². The Morgan fingerprint density at radius 2 is 0.984 bits per heavy atom. The van der Waals surface area contributed by atoms with Gasteiger partial charge >= 0.3 is 0 Å². The van der Waals surface area contributed by atoms with Crippen LogP contribution in [0.25, 0.3) is 0 Å². The molecule has 9 rings (SSSR count). The Kier molecular flexibility index (Phi) is 13.1. The Balaban J connectivity index is 1.25. The van der Waals surface area contributed by atoms with Crippen LogP contribution in [-0.4, -0.2) is 58.4 Å². The van der Waals surface area contributed by atoms with E-state index in [2.05, 4.69) is 118 Å². The minimum Gasteiger partial charge on any atom is -0.392 e. The molecule has 0 aliphatic carbocycles. The first-order valence-electron chi connectivity index (χ1n) is 22.8. The van der Waals surface area contributed by atoms with Gasteiger partial charge in [-0.2, -0.15) is 0 Å². The van der Waals surface area contributed by atoms with Crippen molar-refractivity contribution >= 4 is 26.5 Å². The maximum absolute atomic E-state index is 10.9. The van der Waals surface area contributed by atoms with Crippen molar-refractivity contribution in [3.63, 3.8) is 0 Å². The normalized spacial score (nSPS) is 23.8. The van der Waals surface area contributed by atoms with Crippen molar-refractivity contribution in [3.05, 3.63) is 202 Å². The maximum atomic E-state index is 10.9. The molecule has 3 aliphatic heterocycles. The summed E-state index contributed by atoms with van der Waals surface area (Å²) in [4.78, 5) is 0. The van der Waals surface area contributed by atoms with Gasteiger partial charge in [-0.25, -0.2) is 0 Å². The molecule has 64 heavy (non-hydrogen) atoms. The number of fused-ring (bicyclic) bond motifs is 8. The fourth-order valence-electron chi connectivity index (χ4n) is 10.1. The second-order valence-electron chi connectivity index (χ2n) is 19.6. The molecule has 3 heterocycles. The highest BCUT2D eigenvalue weighted by molar-refractivity contribution is 6.89. The lowest BCUT2D eigenvalue weighted by molar-refractivity contribution is -0.301. The standard InChI is InChI=1S/C55H62O7Si2/c1-63(2,3)46-29-19-28-43-48(46)51-49-44(30-42(32-56)31-47(49)64(4,5)6)55(43,62-51)54-53(60-36-41-26-17-10-18-27-41)52(59-35-40-24-15-9-16-25-40)50(58-34-39-22-13-8-14-23-39)45(61-54)37-57-33-38-20-11-7-12-21-38/h7-31,45,50-54,56H,32-37H2,1-6H3/t45-,50-,51?,52+,53-,54-,55?/m1/s1. The van der Waals surface area contributed by atoms with E-state index in [1.165, 1.54) is 21.5 Å². The molecule has 0 saturated carbocycles. The van der Waals surface area contributed by atoms with Gasteiger partial charge in [-0.1, -0.05) is 195 Å².